The van der Waals surface area contributed by atoms with Crippen molar-refractivity contribution in [1.82, 2.24) is 15.6 Å². The summed E-state index contributed by atoms with van der Waals surface area (Å²) in [5.41, 5.74) is 2.64. The third-order valence-electron chi connectivity index (χ3n) is 5.29. The van der Waals surface area contributed by atoms with Crippen molar-refractivity contribution in [2.45, 2.75) is 46.6 Å². The summed E-state index contributed by atoms with van der Waals surface area (Å²) in [4.78, 5) is 18.7. The van der Waals surface area contributed by atoms with Gasteiger partial charge in [-0.1, -0.05) is 32.0 Å². The monoisotopic (exact) mass is 381 g/mol. The maximum Gasteiger partial charge on any atom is 0.222 e. The first-order valence-electron chi connectivity index (χ1n) is 10.1. The van der Waals surface area contributed by atoms with E-state index < -0.39 is 0 Å². The number of para-hydroxylation sites is 1. The topological polar surface area (TPSA) is 81.1 Å². The molecule has 1 aliphatic heterocycles. The van der Waals surface area contributed by atoms with Crippen molar-refractivity contribution < 1.29 is 4.79 Å². The summed E-state index contributed by atoms with van der Waals surface area (Å²) in [6.07, 6.45) is 2.10. The van der Waals surface area contributed by atoms with Gasteiger partial charge in [-0.05, 0) is 43.9 Å². The number of nitrogens with zero attached hydrogens (tertiary/aromatic N) is 2. The van der Waals surface area contributed by atoms with Crippen LogP contribution in [0.4, 0.5) is 5.82 Å². The number of piperidine rings is 1. The highest BCUT2D eigenvalue weighted by Crippen LogP contribution is 2.30. The Morgan fingerprint density at radius 1 is 1.29 bits per heavy atom. The van der Waals surface area contributed by atoms with E-state index in [0.29, 0.717) is 12.0 Å². The molecule has 3 N–H and O–H groups in total. The van der Waals surface area contributed by atoms with Gasteiger partial charge in [0.25, 0.3) is 0 Å². The average molecular weight is 382 g/mol. The third-order valence-corrected chi connectivity index (χ3v) is 5.29. The Kier molecular flexibility index (Phi) is 6.29. The minimum Gasteiger partial charge on any atom is -0.356 e. The molecule has 1 aromatic heterocycles. The maximum absolute atomic E-state index is 11.6. The predicted octanol–water partition coefficient (Wildman–Crippen LogP) is 3.22. The largest absolute Gasteiger partial charge is 0.356 e. The molecule has 0 saturated carbocycles. The Hall–Kier alpha value is -2.47. The van der Waals surface area contributed by atoms with E-state index in [-0.39, 0.29) is 11.7 Å². The molecule has 3 rings (SSSR count). The van der Waals surface area contributed by atoms with Crippen LogP contribution in [-0.4, -0.2) is 42.4 Å². The Bertz CT molecular complexity index is 869. The van der Waals surface area contributed by atoms with Gasteiger partial charge in [0.1, 0.15) is 11.7 Å². The van der Waals surface area contributed by atoms with Gasteiger partial charge >= 0.3 is 0 Å². The van der Waals surface area contributed by atoms with E-state index >= 15 is 0 Å². The molecular weight excluding hydrogens is 350 g/mol. The fourth-order valence-electron chi connectivity index (χ4n) is 3.83. The lowest BCUT2D eigenvalue weighted by Crippen LogP contribution is -2.44. The van der Waals surface area contributed by atoms with Crippen molar-refractivity contribution in [2.24, 2.45) is 5.92 Å². The highest BCUT2D eigenvalue weighted by Gasteiger charge is 2.25. The number of aromatic nitrogens is 1. The second-order valence-electron chi connectivity index (χ2n) is 8.07. The Balaban J connectivity index is 1.91. The van der Waals surface area contributed by atoms with Gasteiger partial charge < -0.3 is 15.5 Å². The number of carbonyl (C=O) groups excluding carboxylic acids is 1. The van der Waals surface area contributed by atoms with Crippen molar-refractivity contribution in [3.8, 4) is 0 Å². The van der Waals surface area contributed by atoms with Crippen molar-refractivity contribution in [3.05, 3.63) is 35.4 Å². The van der Waals surface area contributed by atoms with E-state index in [1.807, 2.05) is 31.2 Å². The molecule has 28 heavy (non-hydrogen) atoms. The number of nitrogens with one attached hydrogen (secondary N) is 3. The number of hydrogen-bond donors (Lipinski definition) is 3. The standard InChI is InChI=1S/C22H31N5O/c1-14(2)13-24-17-9-11-27(12-10-17)22-20(21(23)25-16(4)28)15(3)18-7-5-6-8-19(18)26-22/h5-8,14,17,24H,9-13H2,1-4H3,(H2,23,25,28). The van der Waals surface area contributed by atoms with Gasteiger partial charge in [-0.2, -0.15) is 0 Å². The summed E-state index contributed by atoms with van der Waals surface area (Å²) in [7, 11) is 0. The predicted molar refractivity (Wildman–Crippen MR) is 115 cm³/mol. The van der Waals surface area contributed by atoms with Crippen LogP contribution in [0, 0.1) is 18.3 Å². The molecule has 0 radical (unpaired) electrons. The van der Waals surface area contributed by atoms with Gasteiger partial charge in [-0.25, -0.2) is 4.98 Å². The fraction of sp³-hybridized carbons (Fsp3) is 0.500. The van der Waals surface area contributed by atoms with Gasteiger partial charge in [0.2, 0.25) is 5.91 Å². The van der Waals surface area contributed by atoms with Crippen LogP contribution in [0.2, 0.25) is 0 Å². The van der Waals surface area contributed by atoms with E-state index in [4.69, 9.17) is 10.4 Å². The maximum atomic E-state index is 11.6. The number of carbonyl (C=O) groups is 1. The number of hydrogen-bond acceptors (Lipinski definition) is 5. The molecule has 1 aliphatic rings. The number of anilines is 1. The molecule has 0 aliphatic carbocycles. The van der Waals surface area contributed by atoms with Gasteiger partial charge in [0.05, 0.1) is 11.1 Å². The number of amidine groups is 1. The fourth-order valence-corrected chi connectivity index (χ4v) is 3.83. The first kappa shape index (κ1) is 20.3. The number of benzene rings is 1. The number of rotatable bonds is 5. The van der Waals surface area contributed by atoms with Gasteiger partial charge in [0.15, 0.2) is 0 Å². The van der Waals surface area contributed by atoms with Crippen LogP contribution in [-0.2, 0) is 4.79 Å². The zero-order chi connectivity index (χ0) is 20.3. The number of fused-ring (bicyclic) bond motifs is 1. The van der Waals surface area contributed by atoms with Crippen molar-refractivity contribution >= 4 is 28.5 Å². The van der Waals surface area contributed by atoms with Crippen molar-refractivity contribution in [2.75, 3.05) is 24.5 Å². The minimum atomic E-state index is -0.236. The molecule has 150 valence electrons. The highest BCUT2D eigenvalue weighted by molar-refractivity contribution is 6.11. The first-order chi connectivity index (χ1) is 13.4. The SMILES string of the molecule is CC(=O)NC(=N)c1c(N2CCC(NCC(C)C)CC2)nc2ccccc2c1C. The zero-order valence-corrected chi connectivity index (χ0v) is 17.3. The van der Waals surface area contributed by atoms with Crippen LogP contribution in [0.3, 0.4) is 0 Å². The van der Waals surface area contributed by atoms with E-state index in [2.05, 4.69) is 29.4 Å². The van der Waals surface area contributed by atoms with Gasteiger partial charge in [-0.15, -0.1) is 0 Å². The molecule has 0 spiro atoms. The summed E-state index contributed by atoms with van der Waals surface area (Å²) in [5, 5.41) is 15.8. The zero-order valence-electron chi connectivity index (χ0n) is 17.3. The summed E-state index contributed by atoms with van der Waals surface area (Å²) in [6.45, 7) is 10.7. The molecule has 6 nitrogen and oxygen atoms in total. The summed E-state index contributed by atoms with van der Waals surface area (Å²) in [6, 6.07) is 8.52. The Labute approximate surface area is 167 Å². The minimum absolute atomic E-state index is 0.123. The quantitative estimate of drug-likeness (QED) is 0.549. The summed E-state index contributed by atoms with van der Waals surface area (Å²) < 4.78 is 0. The Morgan fingerprint density at radius 2 is 1.96 bits per heavy atom. The summed E-state index contributed by atoms with van der Waals surface area (Å²) in [5.74, 6) is 1.34. The second kappa shape index (κ2) is 8.69. The first-order valence-corrected chi connectivity index (χ1v) is 10.1. The van der Waals surface area contributed by atoms with E-state index in [1.54, 1.807) is 0 Å². The molecule has 1 amide bonds. The average Bonchev–Trinajstić information content (AvgIpc) is 2.66. The molecule has 0 bridgehead atoms. The van der Waals surface area contributed by atoms with Crippen LogP contribution >= 0.6 is 0 Å². The molecule has 2 aromatic rings. The van der Waals surface area contributed by atoms with Crippen LogP contribution in [0.5, 0.6) is 0 Å². The number of pyridine rings is 1. The Morgan fingerprint density at radius 3 is 2.61 bits per heavy atom. The third kappa shape index (κ3) is 4.50. The van der Waals surface area contributed by atoms with E-state index in [1.165, 1.54) is 6.92 Å². The van der Waals surface area contributed by atoms with E-state index in [0.717, 1.165) is 60.3 Å². The van der Waals surface area contributed by atoms with Crippen LogP contribution in [0.1, 0.15) is 44.7 Å². The number of aryl methyl sites for hydroxylation is 1. The molecule has 6 heteroatoms. The van der Waals surface area contributed by atoms with Gasteiger partial charge in [0, 0.05) is 31.4 Å². The van der Waals surface area contributed by atoms with Crippen molar-refractivity contribution in [3.63, 3.8) is 0 Å². The molecular formula is C22H31N5O. The number of amides is 1. The molecule has 0 atom stereocenters. The smallest absolute Gasteiger partial charge is 0.222 e. The van der Waals surface area contributed by atoms with Crippen LogP contribution < -0.4 is 15.5 Å². The lowest BCUT2D eigenvalue weighted by molar-refractivity contribution is -0.117. The molecule has 1 aromatic carbocycles. The van der Waals surface area contributed by atoms with E-state index in [9.17, 15) is 4.79 Å². The molecule has 1 saturated heterocycles. The molecule has 2 heterocycles. The lowest BCUT2D eigenvalue weighted by atomic mass is 9.99. The molecule has 0 unspecified atom stereocenters. The van der Waals surface area contributed by atoms with Crippen LogP contribution in [0.25, 0.3) is 10.9 Å². The lowest BCUT2D eigenvalue weighted by Gasteiger charge is -2.35. The summed E-state index contributed by atoms with van der Waals surface area (Å²) >= 11 is 0. The highest BCUT2D eigenvalue weighted by atomic mass is 16.1. The van der Waals surface area contributed by atoms with Gasteiger partial charge in [-0.3, -0.25) is 10.2 Å². The second-order valence-corrected chi connectivity index (χ2v) is 8.07. The van der Waals surface area contributed by atoms with Crippen molar-refractivity contribution in [1.29, 1.82) is 5.41 Å². The normalized spacial score (nSPS) is 15.2. The van der Waals surface area contributed by atoms with Crippen LogP contribution in [0.15, 0.2) is 24.3 Å². The molecule has 1 fully saturated rings.